The number of fused-ring (bicyclic) bond motifs is 2. The molecule has 0 radical (unpaired) electrons. The van der Waals surface area contributed by atoms with E-state index >= 15 is 0 Å². The van der Waals surface area contributed by atoms with Gasteiger partial charge in [-0.25, -0.2) is 0 Å². The number of ketones is 2. The summed E-state index contributed by atoms with van der Waals surface area (Å²) in [6.45, 7) is 0. The van der Waals surface area contributed by atoms with Gasteiger partial charge in [0.05, 0.1) is 39.7 Å². The molecule has 0 fully saturated rings. The molecule has 0 bridgehead atoms. The first-order chi connectivity index (χ1) is 20.7. The van der Waals surface area contributed by atoms with E-state index < -0.39 is 12.2 Å². The molecule has 220 valence electrons. The van der Waals surface area contributed by atoms with E-state index in [2.05, 4.69) is 0 Å². The molecular weight excluding hydrogens is 556 g/mol. The Hall–Kier alpha value is -5.38. The monoisotopic (exact) mass is 584 g/mol. The number of hydrogen-bond acceptors (Lipinski definition) is 10. The van der Waals surface area contributed by atoms with Gasteiger partial charge in [0.25, 0.3) is 0 Å². The number of methoxy groups -OCH3 is 3. The highest BCUT2D eigenvalue weighted by Gasteiger charge is 2.36. The maximum atomic E-state index is 13.4. The van der Waals surface area contributed by atoms with Crippen molar-refractivity contribution >= 4 is 11.6 Å². The van der Waals surface area contributed by atoms with Gasteiger partial charge in [-0.2, -0.15) is 0 Å². The van der Waals surface area contributed by atoms with Gasteiger partial charge >= 0.3 is 0 Å². The molecule has 4 aromatic rings. The summed E-state index contributed by atoms with van der Waals surface area (Å²) in [5.74, 6) is -0.00789. The third-order valence-electron chi connectivity index (χ3n) is 7.71. The summed E-state index contributed by atoms with van der Waals surface area (Å²) < 4.78 is 28.5. The number of rotatable bonds is 6. The Morgan fingerprint density at radius 1 is 0.628 bits per heavy atom. The standard InChI is InChI=1S/C33H28O10/c1-39-18-7-4-16(5-8-18)26-14-24(37)32-25(38)15-28(41-3)30(33(32)43-26)20-10-17(6-9-21(20)34)27-13-23(36)31-22(35)11-19(40-2)12-29(31)42-27/h4-12,15,26-27,34-35,38H,13-14H2,1-3H3/t26-,27+/m1/s1. The first-order valence-corrected chi connectivity index (χ1v) is 13.4. The van der Waals surface area contributed by atoms with Gasteiger partial charge in [-0.15, -0.1) is 0 Å². The highest BCUT2D eigenvalue weighted by atomic mass is 16.5. The van der Waals surface area contributed by atoms with Crippen LogP contribution >= 0.6 is 0 Å². The number of carbonyl (C=O) groups excluding carboxylic acids is 2. The Labute approximate surface area is 246 Å². The van der Waals surface area contributed by atoms with Crippen LogP contribution in [0.3, 0.4) is 0 Å². The second-order valence-corrected chi connectivity index (χ2v) is 10.2. The van der Waals surface area contributed by atoms with Crippen molar-refractivity contribution in [3.8, 4) is 57.1 Å². The van der Waals surface area contributed by atoms with Crippen LogP contribution in [-0.2, 0) is 0 Å². The van der Waals surface area contributed by atoms with Crippen molar-refractivity contribution in [2.75, 3.05) is 21.3 Å². The van der Waals surface area contributed by atoms with Crippen LogP contribution in [-0.4, -0.2) is 48.2 Å². The van der Waals surface area contributed by atoms with Gasteiger partial charge in [0.2, 0.25) is 0 Å². The molecule has 0 aliphatic carbocycles. The lowest BCUT2D eigenvalue weighted by molar-refractivity contribution is 0.0834. The van der Waals surface area contributed by atoms with E-state index in [1.165, 1.54) is 38.5 Å². The summed E-state index contributed by atoms with van der Waals surface area (Å²) in [5, 5.41) is 32.2. The van der Waals surface area contributed by atoms with Crippen LogP contribution in [0.2, 0.25) is 0 Å². The summed E-state index contributed by atoms with van der Waals surface area (Å²) in [6.07, 6.45) is -1.53. The van der Waals surface area contributed by atoms with E-state index in [9.17, 15) is 24.9 Å². The van der Waals surface area contributed by atoms with Gasteiger partial charge in [-0.1, -0.05) is 18.2 Å². The maximum absolute atomic E-state index is 13.4. The number of aromatic hydroxyl groups is 3. The lowest BCUT2D eigenvalue weighted by Crippen LogP contribution is -2.22. The Morgan fingerprint density at radius 2 is 1.26 bits per heavy atom. The summed E-state index contributed by atoms with van der Waals surface area (Å²) in [6, 6.07) is 16.0. The van der Waals surface area contributed by atoms with E-state index in [0.717, 1.165) is 5.56 Å². The van der Waals surface area contributed by atoms with E-state index in [1.54, 1.807) is 43.5 Å². The first kappa shape index (κ1) is 27.8. The fourth-order valence-corrected chi connectivity index (χ4v) is 5.56. The van der Waals surface area contributed by atoms with Crippen molar-refractivity contribution in [3.63, 3.8) is 0 Å². The maximum Gasteiger partial charge on any atom is 0.174 e. The van der Waals surface area contributed by atoms with Crippen LogP contribution in [0, 0.1) is 0 Å². The van der Waals surface area contributed by atoms with E-state index in [1.807, 2.05) is 0 Å². The van der Waals surface area contributed by atoms with Gasteiger partial charge < -0.3 is 39.0 Å². The van der Waals surface area contributed by atoms with Crippen molar-refractivity contribution in [3.05, 3.63) is 82.9 Å². The number of hydrogen-bond donors (Lipinski definition) is 3. The van der Waals surface area contributed by atoms with Gasteiger partial charge in [0.1, 0.15) is 69.3 Å². The molecule has 0 amide bonds. The SMILES string of the molecule is COc1ccc([C@H]2CC(=O)c3c(O)cc(OC)c(-c4cc([C@@H]5CC(=O)c6c(O)cc(OC)cc6O5)ccc4O)c3O2)cc1. The zero-order valence-electron chi connectivity index (χ0n) is 23.5. The summed E-state index contributed by atoms with van der Waals surface area (Å²) in [4.78, 5) is 26.4. The molecule has 2 heterocycles. The van der Waals surface area contributed by atoms with Gasteiger partial charge in [0, 0.05) is 23.8 Å². The second kappa shape index (κ2) is 10.8. The van der Waals surface area contributed by atoms with Crippen molar-refractivity contribution < 1.29 is 48.6 Å². The van der Waals surface area contributed by atoms with Crippen molar-refractivity contribution in [1.29, 1.82) is 0 Å². The van der Waals surface area contributed by atoms with Gasteiger partial charge in [-0.3, -0.25) is 9.59 Å². The van der Waals surface area contributed by atoms with Gasteiger partial charge in [-0.05, 0) is 35.4 Å². The number of carbonyl (C=O) groups is 2. The van der Waals surface area contributed by atoms with Crippen molar-refractivity contribution in [2.45, 2.75) is 25.0 Å². The third kappa shape index (κ3) is 4.80. The van der Waals surface area contributed by atoms with E-state index in [4.69, 9.17) is 23.7 Å². The molecule has 10 heteroatoms. The molecule has 2 aliphatic rings. The Morgan fingerprint density at radius 3 is 1.93 bits per heavy atom. The van der Waals surface area contributed by atoms with E-state index in [0.29, 0.717) is 17.1 Å². The molecule has 43 heavy (non-hydrogen) atoms. The molecule has 0 aromatic heterocycles. The van der Waals surface area contributed by atoms with Crippen LogP contribution in [0.4, 0.5) is 0 Å². The average Bonchev–Trinajstić information content (AvgIpc) is 3.00. The molecule has 0 unspecified atom stereocenters. The predicted octanol–water partition coefficient (Wildman–Crippen LogP) is 5.91. The van der Waals surface area contributed by atoms with Crippen molar-refractivity contribution in [1.82, 2.24) is 0 Å². The summed E-state index contributed by atoms with van der Waals surface area (Å²) in [5.41, 5.74) is 1.80. The highest BCUT2D eigenvalue weighted by Crippen LogP contribution is 2.52. The van der Waals surface area contributed by atoms with Crippen LogP contribution in [0.1, 0.15) is 56.9 Å². The zero-order chi connectivity index (χ0) is 30.4. The number of benzene rings is 4. The molecule has 6 rings (SSSR count). The molecule has 2 aliphatic heterocycles. The first-order valence-electron chi connectivity index (χ1n) is 13.4. The second-order valence-electron chi connectivity index (χ2n) is 10.2. The average molecular weight is 585 g/mol. The molecule has 0 saturated heterocycles. The Bertz CT molecular complexity index is 1760. The largest absolute Gasteiger partial charge is 0.507 e. The minimum absolute atomic E-state index is 0.0155. The zero-order valence-corrected chi connectivity index (χ0v) is 23.5. The highest BCUT2D eigenvalue weighted by molar-refractivity contribution is 6.06. The smallest absolute Gasteiger partial charge is 0.174 e. The molecule has 0 saturated carbocycles. The van der Waals surface area contributed by atoms with Crippen LogP contribution in [0.15, 0.2) is 60.7 Å². The number of ether oxygens (including phenoxy) is 5. The minimum Gasteiger partial charge on any atom is -0.507 e. The molecular formula is C33H28O10. The lowest BCUT2D eigenvalue weighted by Gasteiger charge is -2.30. The van der Waals surface area contributed by atoms with Crippen LogP contribution in [0.25, 0.3) is 11.1 Å². The number of phenols is 3. The molecule has 3 N–H and O–H groups in total. The molecule has 4 aromatic carbocycles. The molecule has 0 spiro atoms. The molecule has 2 atom stereocenters. The van der Waals surface area contributed by atoms with E-state index in [-0.39, 0.29) is 81.2 Å². The summed E-state index contributed by atoms with van der Waals surface area (Å²) >= 11 is 0. The number of phenolic OH excluding ortho intramolecular Hbond substituents is 3. The number of Topliss-reactive ketones (excluding diaryl/α,β-unsaturated/α-hetero) is 2. The Balaban J connectivity index is 1.45. The van der Waals surface area contributed by atoms with Gasteiger partial charge in [0.15, 0.2) is 11.6 Å². The molecule has 10 nitrogen and oxygen atoms in total. The third-order valence-corrected chi connectivity index (χ3v) is 7.71. The quantitative estimate of drug-likeness (QED) is 0.250. The summed E-state index contributed by atoms with van der Waals surface area (Å²) in [7, 11) is 4.39. The van der Waals surface area contributed by atoms with Crippen LogP contribution < -0.4 is 23.7 Å². The predicted molar refractivity (Wildman–Crippen MR) is 154 cm³/mol. The van der Waals surface area contributed by atoms with Crippen LogP contribution in [0.5, 0.6) is 46.0 Å². The fourth-order valence-electron chi connectivity index (χ4n) is 5.56. The van der Waals surface area contributed by atoms with Crippen molar-refractivity contribution in [2.24, 2.45) is 0 Å². The topological polar surface area (TPSA) is 141 Å². The minimum atomic E-state index is -0.764. The fraction of sp³-hybridized carbons (Fsp3) is 0.212. The lowest BCUT2D eigenvalue weighted by atomic mass is 9.89. The normalized spacial score (nSPS) is 17.3. The Kier molecular flexibility index (Phi) is 6.97.